The highest BCUT2D eigenvalue weighted by atomic mass is 16.6. The Morgan fingerprint density at radius 1 is 0.950 bits per heavy atom. The fourth-order valence-electron chi connectivity index (χ4n) is 6.54. The first-order chi connectivity index (χ1) is 19.5. The number of rotatable bonds is 8. The molecule has 0 radical (unpaired) electrons. The van der Waals surface area contributed by atoms with Crippen LogP contribution >= 0.6 is 0 Å². The highest BCUT2D eigenvalue weighted by molar-refractivity contribution is 6.08. The molecule has 5 nitrogen and oxygen atoms in total. The SMILES string of the molecule is Cc1cc(C)c2c3ccccc3n(Cc3ccc(C(C(=O)OC(CO)c4ccccc4)C4CCCC4)cc3)c2n1. The minimum absolute atomic E-state index is 0.238. The molecule has 2 aromatic heterocycles. The van der Waals surface area contributed by atoms with E-state index < -0.39 is 6.10 Å². The predicted molar refractivity (Wildman–Crippen MR) is 159 cm³/mol. The molecule has 204 valence electrons. The Hall–Kier alpha value is -3.96. The van der Waals surface area contributed by atoms with Gasteiger partial charge in [0.05, 0.1) is 18.0 Å². The standard InChI is InChI=1S/C35H36N2O3/c1-23-20-24(2)36-34-32(23)29-14-8-9-15-30(29)37(34)21-25-16-18-28(19-17-25)33(27-12-6-7-13-27)35(39)40-31(22-38)26-10-4-3-5-11-26/h3-5,8-11,14-20,27,31,33,38H,6-7,12-13,21-22H2,1-2H3. The second kappa shape index (κ2) is 11.3. The van der Waals surface area contributed by atoms with Crippen LogP contribution in [0.1, 0.15) is 65.7 Å². The number of fused-ring (bicyclic) bond motifs is 3. The van der Waals surface area contributed by atoms with E-state index in [0.717, 1.165) is 53.7 Å². The lowest BCUT2D eigenvalue weighted by Crippen LogP contribution is -2.25. The van der Waals surface area contributed by atoms with Gasteiger partial charge >= 0.3 is 5.97 Å². The van der Waals surface area contributed by atoms with Crippen LogP contribution in [0.2, 0.25) is 0 Å². The molecular formula is C35H36N2O3. The Balaban J connectivity index is 1.30. The van der Waals surface area contributed by atoms with Crippen molar-refractivity contribution in [2.75, 3.05) is 6.61 Å². The molecule has 40 heavy (non-hydrogen) atoms. The molecule has 0 saturated heterocycles. The molecule has 2 unspecified atom stereocenters. The second-order valence-electron chi connectivity index (χ2n) is 11.2. The van der Waals surface area contributed by atoms with Gasteiger partial charge in [-0.05, 0) is 67.0 Å². The minimum atomic E-state index is -0.661. The van der Waals surface area contributed by atoms with Gasteiger partial charge in [-0.1, -0.05) is 85.6 Å². The summed E-state index contributed by atoms with van der Waals surface area (Å²) in [6, 6.07) is 28.6. The fraction of sp³-hybridized carbons (Fsp3) is 0.314. The zero-order valence-electron chi connectivity index (χ0n) is 23.2. The van der Waals surface area contributed by atoms with Gasteiger partial charge in [-0.15, -0.1) is 0 Å². The smallest absolute Gasteiger partial charge is 0.314 e. The Kier molecular flexibility index (Phi) is 7.40. The molecule has 2 heterocycles. The van der Waals surface area contributed by atoms with Gasteiger partial charge in [0, 0.05) is 23.0 Å². The molecule has 6 rings (SSSR count). The predicted octanol–water partition coefficient (Wildman–Crippen LogP) is 7.41. The Labute approximate surface area is 235 Å². The molecule has 1 fully saturated rings. The largest absolute Gasteiger partial charge is 0.455 e. The molecule has 1 aliphatic rings. The topological polar surface area (TPSA) is 64.3 Å². The number of aliphatic hydroxyl groups excluding tert-OH is 1. The number of nitrogens with zero attached hydrogens (tertiary/aromatic N) is 2. The number of ether oxygens (including phenoxy) is 1. The van der Waals surface area contributed by atoms with Gasteiger partial charge < -0.3 is 14.4 Å². The summed E-state index contributed by atoms with van der Waals surface area (Å²) < 4.78 is 8.25. The maximum absolute atomic E-state index is 13.6. The molecular weight excluding hydrogens is 496 g/mol. The average Bonchev–Trinajstić information content (AvgIpc) is 3.60. The van der Waals surface area contributed by atoms with E-state index >= 15 is 0 Å². The van der Waals surface area contributed by atoms with Crippen molar-refractivity contribution in [3.63, 3.8) is 0 Å². The van der Waals surface area contributed by atoms with E-state index in [9.17, 15) is 9.90 Å². The van der Waals surface area contributed by atoms with Crippen molar-refractivity contribution >= 4 is 27.9 Å². The molecule has 0 spiro atoms. The fourth-order valence-corrected chi connectivity index (χ4v) is 6.54. The van der Waals surface area contributed by atoms with E-state index in [1.165, 1.54) is 21.9 Å². The van der Waals surface area contributed by atoms with Crippen LogP contribution in [0.5, 0.6) is 0 Å². The summed E-state index contributed by atoms with van der Waals surface area (Å²) in [4.78, 5) is 18.6. The van der Waals surface area contributed by atoms with E-state index in [-0.39, 0.29) is 24.4 Å². The van der Waals surface area contributed by atoms with Crippen LogP contribution < -0.4 is 0 Å². The molecule has 5 heteroatoms. The van der Waals surface area contributed by atoms with Gasteiger partial charge in [0.25, 0.3) is 0 Å². The molecule has 1 N–H and O–H groups in total. The van der Waals surface area contributed by atoms with Crippen molar-refractivity contribution in [3.8, 4) is 0 Å². The van der Waals surface area contributed by atoms with Crippen molar-refractivity contribution < 1.29 is 14.6 Å². The van der Waals surface area contributed by atoms with E-state index in [4.69, 9.17) is 9.72 Å². The second-order valence-corrected chi connectivity index (χ2v) is 11.2. The van der Waals surface area contributed by atoms with Crippen molar-refractivity contribution in [2.24, 2.45) is 5.92 Å². The van der Waals surface area contributed by atoms with Gasteiger partial charge in [0.15, 0.2) is 0 Å². The van der Waals surface area contributed by atoms with Crippen LogP contribution in [-0.4, -0.2) is 27.2 Å². The number of pyridine rings is 1. The number of hydrogen-bond acceptors (Lipinski definition) is 4. The van der Waals surface area contributed by atoms with E-state index in [0.29, 0.717) is 6.54 Å². The quantitative estimate of drug-likeness (QED) is 0.211. The first kappa shape index (κ1) is 26.3. The summed E-state index contributed by atoms with van der Waals surface area (Å²) in [5, 5.41) is 12.4. The van der Waals surface area contributed by atoms with Crippen LogP contribution in [0.25, 0.3) is 21.9 Å². The van der Waals surface area contributed by atoms with Crippen molar-refractivity contribution in [2.45, 2.75) is 58.1 Å². The summed E-state index contributed by atoms with van der Waals surface area (Å²) in [5.41, 5.74) is 7.38. The number of esters is 1. The first-order valence-electron chi connectivity index (χ1n) is 14.3. The summed E-state index contributed by atoms with van der Waals surface area (Å²) in [7, 11) is 0. The number of carbonyl (C=O) groups is 1. The molecule has 1 aliphatic carbocycles. The molecule has 1 saturated carbocycles. The molecule has 0 amide bonds. The zero-order valence-corrected chi connectivity index (χ0v) is 23.2. The van der Waals surface area contributed by atoms with Crippen molar-refractivity contribution in [3.05, 3.63) is 113 Å². The maximum atomic E-state index is 13.6. The van der Waals surface area contributed by atoms with Crippen LogP contribution in [0.3, 0.4) is 0 Å². The first-order valence-corrected chi connectivity index (χ1v) is 14.3. The number of benzene rings is 3. The Bertz CT molecular complexity index is 1630. The lowest BCUT2D eigenvalue weighted by atomic mass is 9.84. The number of hydrogen-bond donors (Lipinski definition) is 1. The molecule has 5 aromatic rings. The summed E-state index contributed by atoms with van der Waals surface area (Å²) in [6.45, 7) is 4.66. The van der Waals surface area contributed by atoms with Crippen LogP contribution in [0, 0.1) is 19.8 Å². The molecule has 2 atom stereocenters. The van der Waals surface area contributed by atoms with Gasteiger partial charge in [0.1, 0.15) is 11.8 Å². The summed E-state index contributed by atoms with van der Waals surface area (Å²) >= 11 is 0. The minimum Gasteiger partial charge on any atom is -0.455 e. The Morgan fingerprint density at radius 3 is 2.38 bits per heavy atom. The molecule has 0 bridgehead atoms. The third kappa shape index (κ3) is 5.02. The number of aliphatic hydroxyl groups is 1. The normalized spacial score (nSPS) is 15.5. The van der Waals surface area contributed by atoms with Gasteiger partial charge in [-0.25, -0.2) is 4.98 Å². The van der Waals surface area contributed by atoms with E-state index in [1.54, 1.807) is 0 Å². The number of aromatic nitrogens is 2. The summed E-state index contributed by atoms with van der Waals surface area (Å²) in [5.74, 6) is -0.337. The lowest BCUT2D eigenvalue weighted by molar-refractivity contribution is -0.155. The van der Waals surface area contributed by atoms with Gasteiger partial charge in [0.2, 0.25) is 0 Å². The van der Waals surface area contributed by atoms with Crippen LogP contribution in [0.15, 0.2) is 84.9 Å². The molecule has 0 aliphatic heterocycles. The number of aryl methyl sites for hydroxylation is 2. The van der Waals surface area contributed by atoms with Gasteiger partial charge in [-0.2, -0.15) is 0 Å². The lowest BCUT2D eigenvalue weighted by Gasteiger charge is -2.25. The summed E-state index contributed by atoms with van der Waals surface area (Å²) in [6.07, 6.45) is 3.64. The van der Waals surface area contributed by atoms with Crippen LogP contribution in [0.4, 0.5) is 0 Å². The van der Waals surface area contributed by atoms with Crippen molar-refractivity contribution in [1.29, 1.82) is 0 Å². The number of para-hydroxylation sites is 1. The third-order valence-corrected chi connectivity index (χ3v) is 8.45. The van der Waals surface area contributed by atoms with E-state index in [1.807, 2.05) is 37.3 Å². The zero-order chi connectivity index (χ0) is 27.6. The molecule has 3 aromatic carbocycles. The maximum Gasteiger partial charge on any atom is 0.314 e. The third-order valence-electron chi connectivity index (χ3n) is 8.45. The Morgan fingerprint density at radius 2 is 1.65 bits per heavy atom. The highest BCUT2D eigenvalue weighted by Gasteiger charge is 2.34. The highest BCUT2D eigenvalue weighted by Crippen LogP contribution is 2.39. The van der Waals surface area contributed by atoms with Gasteiger partial charge in [-0.3, -0.25) is 4.79 Å². The average molecular weight is 533 g/mol. The van der Waals surface area contributed by atoms with Crippen molar-refractivity contribution in [1.82, 2.24) is 9.55 Å². The monoisotopic (exact) mass is 532 g/mol. The van der Waals surface area contributed by atoms with Crippen LogP contribution in [-0.2, 0) is 16.1 Å². The number of carbonyl (C=O) groups excluding carboxylic acids is 1. The van der Waals surface area contributed by atoms with E-state index in [2.05, 4.69) is 66.1 Å².